The Morgan fingerprint density at radius 1 is 1.19 bits per heavy atom. The van der Waals surface area contributed by atoms with E-state index < -0.39 is 5.83 Å². The summed E-state index contributed by atoms with van der Waals surface area (Å²) in [6.45, 7) is 7.25. The van der Waals surface area contributed by atoms with Crippen LogP contribution in [0.2, 0.25) is 0 Å². The molecule has 0 aliphatic heterocycles. The Hall–Kier alpha value is -1.78. The number of ketones is 1. The molecule has 0 aromatic rings. The highest BCUT2D eigenvalue weighted by atomic mass is 19.1. The van der Waals surface area contributed by atoms with E-state index in [2.05, 4.69) is 31.3 Å². The number of rotatable bonds is 7. The van der Waals surface area contributed by atoms with Crippen LogP contribution in [0.1, 0.15) is 78.6 Å². The SMILES string of the molecule is CCCC1C(CC)CCC2C1CCC1(C)C(C(=O)CN/N=C3/C=C(F)C=CC3=N)CCC21. The predicted octanol–water partition coefficient (Wildman–Crippen LogP) is 6.24. The standard InChI is InChI=1S/C27H40FN3O/c1-4-6-19-17(5-2)7-9-21-20(19)13-14-27(3)22(21)10-11-23(27)26(32)16-30-31-25-15-18(28)8-12-24(25)29/h8,12,15,17,19-23,29-30H,4-7,9-11,13-14,16H2,1-3H3/b29-24?,31-25-. The lowest BCUT2D eigenvalue weighted by Crippen LogP contribution is -2.48. The molecule has 0 bridgehead atoms. The molecule has 7 unspecified atom stereocenters. The molecule has 0 aromatic carbocycles. The summed E-state index contributed by atoms with van der Waals surface area (Å²) in [5.41, 5.74) is 3.34. The Morgan fingerprint density at radius 3 is 2.75 bits per heavy atom. The first-order chi connectivity index (χ1) is 15.4. The molecule has 0 heterocycles. The van der Waals surface area contributed by atoms with Crippen LogP contribution < -0.4 is 5.43 Å². The van der Waals surface area contributed by atoms with Crippen molar-refractivity contribution in [2.75, 3.05) is 6.54 Å². The van der Waals surface area contributed by atoms with E-state index in [0.717, 1.165) is 30.1 Å². The summed E-state index contributed by atoms with van der Waals surface area (Å²) in [4.78, 5) is 13.2. The van der Waals surface area contributed by atoms with Gasteiger partial charge in [-0.15, -0.1) is 0 Å². The third-order valence-electron chi connectivity index (χ3n) is 9.47. The van der Waals surface area contributed by atoms with E-state index in [9.17, 15) is 9.18 Å². The number of Topliss-reactive ketones (excluding diaryl/α,β-unsaturated/α-hetero) is 1. The first-order valence-corrected chi connectivity index (χ1v) is 12.9. The fourth-order valence-corrected chi connectivity index (χ4v) is 7.98. The molecule has 4 aliphatic carbocycles. The lowest BCUT2D eigenvalue weighted by Gasteiger charge is -2.54. The molecule has 3 saturated carbocycles. The van der Waals surface area contributed by atoms with E-state index in [1.165, 1.54) is 69.6 Å². The van der Waals surface area contributed by atoms with Gasteiger partial charge in [0, 0.05) is 12.0 Å². The van der Waals surface area contributed by atoms with E-state index in [1.807, 2.05) is 0 Å². The van der Waals surface area contributed by atoms with Crippen molar-refractivity contribution in [3.63, 3.8) is 0 Å². The van der Waals surface area contributed by atoms with Crippen LogP contribution in [0.25, 0.3) is 0 Å². The molecule has 3 fully saturated rings. The van der Waals surface area contributed by atoms with Gasteiger partial charge < -0.3 is 5.43 Å². The summed E-state index contributed by atoms with van der Waals surface area (Å²) >= 11 is 0. The smallest absolute Gasteiger partial charge is 0.157 e. The minimum absolute atomic E-state index is 0.0904. The summed E-state index contributed by atoms with van der Waals surface area (Å²) in [6, 6.07) is 0. The quantitative estimate of drug-likeness (QED) is 0.363. The lowest BCUT2D eigenvalue weighted by atomic mass is 9.50. The zero-order chi connectivity index (χ0) is 22.9. The van der Waals surface area contributed by atoms with Crippen LogP contribution >= 0.6 is 0 Å². The van der Waals surface area contributed by atoms with Gasteiger partial charge >= 0.3 is 0 Å². The van der Waals surface area contributed by atoms with Crippen molar-refractivity contribution in [1.29, 1.82) is 5.41 Å². The van der Waals surface area contributed by atoms with E-state index >= 15 is 0 Å². The van der Waals surface area contributed by atoms with Crippen molar-refractivity contribution in [2.45, 2.75) is 78.6 Å². The third kappa shape index (κ3) is 4.24. The van der Waals surface area contributed by atoms with Crippen LogP contribution in [-0.4, -0.2) is 23.8 Å². The minimum Gasteiger partial charge on any atom is -0.302 e. The highest BCUT2D eigenvalue weighted by molar-refractivity contribution is 6.50. The van der Waals surface area contributed by atoms with E-state index in [4.69, 9.17) is 5.41 Å². The summed E-state index contributed by atoms with van der Waals surface area (Å²) in [5, 5.41) is 12.0. The van der Waals surface area contributed by atoms with Crippen LogP contribution in [0.4, 0.5) is 4.39 Å². The number of hydrazone groups is 1. The number of carbonyl (C=O) groups excluding carboxylic acids is 1. The fourth-order valence-electron chi connectivity index (χ4n) is 7.98. The zero-order valence-corrected chi connectivity index (χ0v) is 20.0. The molecule has 0 radical (unpaired) electrons. The van der Waals surface area contributed by atoms with Gasteiger partial charge in [0.05, 0.1) is 12.3 Å². The zero-order valence-electron chi connectivity index (χ0n) is 20.0. The second kappa shape index (κ2) is 9.61. The average molecular weight is 442 g/mol. The molecular weight excluding hydrogens is 401 g/mol. The van der Waals surface area contributed by atoms with Gasteiger partial charge in [-0.25, -0.2) is 4.39 Å². The number of hydrogen-bond acceptors (Lipinski definition) is 4. The molecular formula is C27H40FN3O. The molecule has 4 aliphatic rings. The van der Waals surface area contributed by atoms with Crippen LogP contribution in [0, 0.1) is 46.3 Å². The first kappa shape index (κ1) is 23.4. The number of halogens is 1. The average Bonchev–Trinajstić information content (AvgIpc) is 3.14. The number of hydrogen-bond donors (Lipinski definition) is 2. The Labute approximate surface area is 192 Å². The van der Waals surface area contributed by atoms with Gasteiger partial charge in [0.1, 0.15) is 11.5 Å². The molecule has 0 amide bonds. The van der Waals surface area contributed by atoms with Gasteiger partial charge in [-0.1, -0.05) is 40.0 Å². The molecule has 0 saturated heterocycles. The predicted molar refractivity (Wildman–Crippen MR) is 128 cm³/mol. The molecule has 7 atom stereocenters. The molecule has 5 heteroatoms. The molecule has 0 aromatic heterocycles. The summed E-state index contributed by atoms with van der Waals surface area (Å²) in [6.07, 6.45) is 15.2. The minimum atomic E-state index is -0.421. The number of allylic oxidation sites excluding steroid dienone is 4. The lowest BCUT2D eigenvalue weighted by molar-refractivity contribution is -0.129. The summed E-state index contributed by atoms with van der Waals surface area (Å²) in [5.74, 6) is 4.00. The molecule has 2 N–H and O–H groups in total. The molecule has 4 nitrogen and oxygen atoms in total. The second-order valence-corrected chi connectivity index (χ2v) is 10.9. The van der Waals surface area contributed by atoms with Gasteiger partial charge in [-0.2, -0.15) is 5.10 Å². The van der Waals surface area contributed by atoms with Gasteiger partial charge in [0.15, 0.2) is 5.78 Å². The van der Waals surface area contributed by atoms with Gasteiger partial charge in [-0.05, 0) is 85.7 Å². The van der Waals surface area contributed by atoms with Crippen molar-refractivity contribution in [1.82, 2.24) is 5.43 Å². The normalized spacial score (nSPS) is 40.1. The van der Waals surface area contributed by atoms with E-state index in [0.29, 0.717) is 5.92 Å². The number of nitrogens with zero attached hydrogens (tertiary/aromatic N) is 1. The number of fused-ring (bicyclic) bond motifs is 3. The van der Waals surface area contributed by atoms with Crippen LogP contribution in [0.3, 0.4) is 0 Å². The maximum Gasteiger partial charge on any atom is 0.157 e. The van der Waals surface area contributed by atoms with Gasteiger partial charge in [0.25, 0.3) is 0 Å². The van der Waals surface area contributed by atoms with Crippen molar-refractivity contribution in [3.05, 3.63) is 24.1 Å². The van der Waals surface area contributed by atoms with Crippen molar-refractivity contribution in [2.24, 2.45) is 46.0 Å². The van der Waals surface area contributed by atoms with Crippen LogP contribution in [-0.2, 0) is 4.79 Å². The molecule has 176 valence electrons. The van der Waals surface area contributed by atoms with Crippen LogP contribution in [0.5, 0.6) is 0 Å². The first-order valence-electron chi connectivity index (χ1n) is 12.9. The Bertz CT molecular complexity index is 831. The molecule has 0 spiro atoms. The molecule has 32 heavy (non-hydrogen) atoms. The monoisotopic (exact) mass is 441 g/mol. The number of nitrogens with one attached hydrogen (secondary N) is 2. The number of carbonyl (C=O) groups is 1. The maximum absolute atomic E-state index is 13.4. The van der Waals surface area contributed by atoms with Crippen LogP contribution in [0.15, 0.2) is 29.2 Å². The second-order valence-electron chi connectivity index (χ2n) is 10.9. The van der Waals surface area contributed by atoms with E-state index in [-0.39, 0.29) is 35.1 Å². The largest absolute Gasteiger partial charge is 0.302 e. The van der Waals surface area contributed by atoms with Crippen molar-refractivity contribution >= 4 is 17.2 Å². The maximum atomic E-state index is 13.4. The summed E-state index contributed by atoms with van der Waals surface area (Å²) < 4.78 is 13.4. The van der Waals surface area contributed by atoms with Gasteiger partial charge in [-0.3, -0.25) is 10.2 Å². The topological polar surface area (TPSA) is 65.3 Å². The highest BCUT2D eigenvalue weighted by Gasteiger charge is 2.57. The summed E-state index contributed by atoms with van der Waals surface area (Å²) in [7, 11) is 0. The Morgan fingerprint density at radius 2 is 2.00 bits per heavy atom. The fraction of sp³-hybridized carbons (Fsp3) is 0.741. The molecule has 4 rings (SSSR count). The van der Waals surface area contributed by atoms with Gasteiger partial charge in [0.2, 0.25) is 0 Å². The Balaban J connectivity index is 1.42. The van der Waals surface area contributed by atoms with Crippen molar-refractivity contribution < 1.29 is 9.18 Å². The third-order valence-corrected chi connectivity index (χ3v) is 9.47. The highest BCUT2D eigenvalue weighted by Crippen LogP contribution is 2.63. The van der Waals surface area contributed by atoms with E-state index in [1.54, 1.807) is 0 Å². The Kier molecular flexibility index (Phi) is 7.02. The van der Waals surface area contributed by atoms with Crippen molar-refractivity contribution in [3.8, 4) is 0 Å².